The average Bonchev–Trinajstić information content (AvgIpc) is 2.60. The van der Waals surface area contributed by atoms with Crippen LogP contribution in [-0.2, 0) is 11.2 Å². The number of rotatable bonds is 5. The van der Waals surface area contributed by atoms with Crippen LogP contribution in [0.4, 0.5) is 0 Å². The van der Waals surface area contributed by atoms with Crippen LogP contribution in [0.1, 0.15) is 49.9 Å². The van der Waals surface area contributed by atoms with Gasteiger partial charge >= 0.3 is 0 Å². The van der Waals surface area contributed by atoms with Crippen molar-refractivity contribution < 1.29 is 14.3 Å². The minimum atomic E-state index is -0.322. The molecule has 138 valence electrons. The Labute approximate surface area is 155 Å². The van der Waals surface area contributed by atoms with E-state index in [4.69, 9.17) is 9.47 Å². The van der Waals surface area contributed by atoms with E-state index in [0.29, 0.717) is 5.75 Å². The summed E-state index contributed by atoms with van der Waals surface area (Å²) in [6.45, 7) is 8.24. The fraction of sp³-hybridized carbons (Fsp3) is 0.409. The first kappa shape index (κ1) is 18.3. The van der Waals surface area contributed by atoms with Crippen molar-refractivity contribution in [3.63, 3.8) is 0 Å². The molecule has 1 N–H and O–H groups in total. The molecule has 2 aromatic carbocycles. The summed E-state index contributed by atoms with van der Waals surface area (Å²) in [5, 5.41) is 3.11. The van der Waals surface area contributed by atoms with Crippen molar-refractivity contribution in [2.24, 2.45) is 0 Å². The van der Waals surface area contributed by atoms with Gasteiger partial charge in [-0.25, -0.2) is 0 Å². The maximum atomic E-state index is 12.4. The van der Waals surface area contributed by atoms with Crippen LogP contribution < -0.4 is 14.8 Å². The number of fused-ring (bicyclic) bond motifs is 1. The maximum absolute atomic E-state index is 12.4. The second-order valence-corrected chi connectivity index (χ2v) is 7.51. The zero-order chi connectivity index (χ0) is 18.7. The largest absolute Gasteiger partial charge is 0.487 e. The van der Waals surface area contributed by atoms with Crippen molar-refractivity contribution in [2.45, 2.75) is 52.2 Å². The summed E-state index contributed by atoms with van der Waals surface area (Å²) in [7, 11) is 0. The monoisotopic (exact) mass is 353 g/mol. The standard InChI is InChI=1S/C22H27NO3/c1-5-16-7-9-17(10-8-16)25-14-21(24)23-19-13-22(3,4)26-20-11-6-15(2)12-18(19)20/h6-12,19H,5,13-14H2,1-4H3,(H,23,24). The molecule has 0 spiro atoms. The minimum Gasteiger partial charge on any atom is -0.487 e. The lowest BCUT2D eigenvalue weighted by Gasteiger charge is -2.38. The predicted molar refractivity (Wildman–Crippen MR) is 103 cm³/mol. The summed E-state index contributed by atoms with van der Waals surface area (Å²) in [5.41, 5.74) is 3.11. The van der Waals surface area contributed by atoms with Gasteiger partial charge in [-0.1, -0.05) is 36.8 Å². The molecule has 3 rings (SSSR count). The second kappa shape index (κ2) is 7.40. The predicted octanol–water partition coefficient (Wildman–Crippen LogP) is 4.35. The van der Waals surface area contributed by atoms with Crippen LogP contribution in [0.15, 0.2) is 42.5 Å². The number of nitrogens with one attached hydrogen (secondary N) is 1. The van der Waals surface area contributed by atoms with Crippen molar-refractivity contribution in [2.75, 3.05) is 6.61 Å². The number of carbonyl (C=O) groups is 1. The Kier molecular flexibility index (Phi) is 5.21. The van der Waals surface area contributed by atoms with E-state index in [1.54, 1.807) is 0 Å². The molecule has 1 amide bonds. The Bertz CT molecular complexity index is 780. The summed E-state index contributed by atoms with van der Waals surface area (Å²) in [4.78, 5) is 12.4. The Balaban J connectivity index is 1.65. The Morgan fingerprint density at radius 3 is 2.65 bits per heavy atom. The molecule has 26 heavy (non-hydrogen) atoms. The van der Waals surface area contributed by atoms with Crippen molar-refractivity contribution in [1.82, 2.24) is 5.32 Å². The van der Waals surface area contributed by atoms with Gasteiger partial charge in [0.2, 0.25) is 0 Å². The fourth-order valence-corrected chi connectivity index (χ4v) is 3.31. The Morgan fingerprint density at radius 2 is 1.96 bits per heavy atom. The van der Waals surface area contributed by atoms with Gasteiger partial charge in [0.25, 0.3) is 5.91 Å². The van der Waals surface area contributed by atoms with Crippen molar-refractivity contribution in [3.8, 4) is 11.5 Å². The van der Waals surface area contributed by atoms with Gasteiger partial charge in [-0.05, 0) is 51.0 Å². The fourth-order valence-electron chi connectivity index (χ4n) is 3.31. The molecule has 1 unspecified atom stereocenters. The molecule has 4 heteroatoms. The highest BCUT2D eigenvalue weighted by Crippen LogP contribution is 2.39. The number of benzene rings is 2. The number of hydrogen-bond acceptors (Lipinski definition) is 3. The molecule has 1 aliphatic rings. The molecular formula is C22H27NO3. The van der Waals surface area contributed by atoms with Gasteiger partial charge in [0, 0.05) is 12.0 Å². The first-order valence-electron chi connectivity index (χ1n) is 9.17. The van der Waals surface area contributed by atoms with Crippen LogP contribution in [0.2, 0.25) is 0 Å². The lowest BCUT2D eigenvalue weighted by atomic mass is 9.89. The van der Waals surface area contributed by atoms with Gasteiger partial charge in [0.05, 0.1) is 6.04 Å². The van der Waals surface area contributed by atoms with Gasteiger partial charge in [-0.15, -0.1) is 0 Å². The zero-order valence-electron chi connectivity index (χ0n) is 16.0. The van der Waals surface area contributed by atoms with Crippen LogP contribution >= 0.6 is 0 Å². The van der Waals surface area contributed by atoms with E-state index in [1.807, 2.05) is 57.2 Å². The Morgan fingerprint density at radius 1 is 1.23 bits per heavy atom. The number of ether oxygens (including phenoxy) is 2. The molecule has 1 heterocycles. The molecular weight excluding hydrogens is 326 g/mol. The number of aryl methyl sites for hydroxylation is 2. The first-order valence-corrected chi connectivity index (χ1v) is 9.17. The van der Waals surface area contributed by atoms with Gasteiger partial charge in [0.1, 0.15) is 17.1 Å². The molecule has 0 aromatic heterocycles. The molecule has 0 fully saturated rings. The lowest BCUT2D eigenvalue weighted by molar-refractivity contribution is -0.124. The molecule has 2 aromatic rings. The summed E-state index contributed by atoms with van der Waals surface area (Å²) >= 11 is 0. The van der Waals surface area contributed by atoms with Gasteiger partial charge in [-0.3, -0.25) is 4.79 Å². The molecule has 1 aliphatic heterocycles. The highest BCUT2D eigenvalue weighted by molar-refractivity contribution is 5.78. The third kappa shape index (κ3) is 4.37. The van der Waals surface area contributed by atoms with Crippen molar-refractivity contribution >= 4 is 5.91 Å². The summed E-state index contributed by atoms with van der Waals surface area (Å²) in [5.74, 6) is 1.42. The minimum absolute atomic E-state index is 0.00437. The SMILES string of the molecule is CCc1ccc(OCC(=O)NC2CC(C)(C)Oc3ccc(C)cc32)cc1. The van der Waals surface area contributed by atoms with E-state index < -0.39 is 0 Å². The van der Waals surface area contributed by atoms with Crippen LogP contribution in [0.3, 0.4) is 0 Å². The first-order chi connectivity index (χ1) is 12.4. The third-order valence-electron chi connectivity index (χ3n) is 4.66. The lowest BCUT2D eigenvalue weighted by Crippen LogP contribution is -2.42. The van der Waals surface area contributed by atoms with E-state index in [1.165, 1.54) is 5.56 Å². The smallest absolute Gasteiger partial charge is 0.258 e. The summed E-state index contributed by atoms with van der Waals surface area (Å²) < 4.78 is 11.7. The molecule has 0 radical (unpaired) electrons. The van der Waals surface area contributed by atoms with Gasteiger partial charge in [-0.2, -0.15) is 0 Å². The summed E-state index contributed by atoms with van der Waals surface area (Å²) in [6.07, 6.45) is 1.71. The molecule has 4 nitrogen and oxygen atoms in total. The zero-order valence-corrected chi connectivity index (χ0v) is 16.0. The number of amides is 1. The topological polar surface area (TPSA) is 47.6 Å². The van der Waals surface area contributed by atoms with Gasteiger partial charge in [0.15, 0.2) is 6.61 Å². The van der Waals surface area contributed by atoms with E-state index in [0.717, 1.165) is 29.7 Å². The molecule has 0 aliphatic carbocycles. The molecule has 0 saturated heterocycles. The van der Waals surface area contributed by atoms with E-state index in [2.05, 4.69) is 18.3 Å². The number of carbonyl (C=O) groups excluding carboxylic acids is 1. The average molecular weight is 353 g/mol. The molecule has 0 saturated carbocycles. The van der Waals surface area contributed by atoms with Gasteiger partial charge < -0.3 is 14.8 Å². The molecule has 1 atom stereocenters. The quantitative estimate of drug-likeness (QED) is 0.869. The maximum Gasteiger partial charge on any atom is 0.258 e. The highest BCUT2D eigenvalue weighted by atomic mass is 16.5. The van der Waals surface area contributed by atoms with Crippen LogP contribution in [0.25, 0.3) is 0 Å². The second-order valence-electron chi connectivity index (χ2n) is 7.51. The van der Waals surface area contributed by atoms with Crippen molar-refractivity contribution in [1.29, 1.82) is 0 Å². The number of hydrogen-bond donors (Lipinski definition) is 1. The Hall–Kier alpha value is -2.49. The van der Waals surface area contributed by atoms with E-state index in [-0.39, 0.29) is 24.2 Å². The third-order valence-corrected chi connectivity index (χ3v) is 4.66. The van der Waals surface area contributed by atoms with E-state index in [9.17, 15) is 4.79 Å². The normalized spacial score (nSPS) is 17.8. The molecule has 0 bridgehead atoms. The van der Waals surface area contributed by atoms with E-state index >= 15 is 0 Å². The van der Waals surface area contributed by atoms with Crippen LogP contribution in [0.5, 0.6) is 11.5 Å². The summed E-state index contributed by atoms with van der Waals surface area (Å²) in [6, 6.07) is 13.9. The van der Waals surface area contributed by atoms with Crippen LogP contribution in [0, 0.1) is 6.92 Å². The van der Waals surface area contributed by atoms with Crippen LogP contribution in [-0.4, -0.2) is 18.1 Å². The highest BCUT2D eigenvalue weighted by Gasteiger charge is 2.34. The van der Waals surface area contributed by atoms with Crippen molar-refractivity contribution in [3.05, 3.63) is 59.2 Å².